The van der Waals surface area contributed by atoms with Gasteiger partial charge in [-0.1, -0.05) is 12.1 Å². The van der Waals surface area contributed by atoms with Gasteiger partial charge in [0.05, 0.1) is 11.3 Å². The zero-order chi connectivity index (χ0) is 8.27. The van der Waals surface area contributed by atoms with E-state index in [-0.39, 0.29) is 5.97 Å². The van der Waals surface area contributed by atoms with Crippen molar-refractivity contribution in [3.63, 3.8) is 0 Å². The standard InChI is InChI=1S/C7H9NO2S/c1-3-11-4-6-5(2)8-10-7(6)9/h4H,3H2,1-2H3. The Balaban J connectivity index is 2.69. The fourth-order valence-electron chi connectivity index (χ4n) is 0.656. The third-order valence-electron chi connectivity index (χ3n) is 1.24. The van der Waals surface area contributed by atoms with E-state index in [9.17, 15) is 4.79 Å². The minimum Gasteiger partial charge on any atom is -0.312 e. The van der Waals surface area contributed by atoms with E-state index in [2.05, 4.69) is 9.99 Å². The highest BCUT2D eigenvalue weighted by atomic mass is 32.2. The predicted molar refractivity (Wildman–Crippen MR) is 45.4 cm³/mol. The third-order valence-corrected chi connectivity index (χ3v) is 1.98. The number of nitrogens with zero attached hydrogens (tertiary/aromatic N) is 1. The van der Waals surface area contributed by atoms with E-state index in [1.54, 1.807) is 24.1 Å². The summed E-state index contributed by atoms with van der Waals surface area (Å²) < 4.78 is 0. The molecule has 0 amide bonds. The monoisotopic (exact) mass is 171 g/mol. The molecule has 1 rings (SSSR count). The second-order valence-electron chi connectivity index (χ2n) is 2.04. The first-order valence-electron chi connectivity index (χ1n) is 3.33. The van der Waals surface area contributed by atoms with Crippen LogP contribution in [0.1, 0.15) is 13.8 Å². The molecule has 0 aromatic rings. The molecule has 60 valence electrons. The zero-order valence-electron chi connectivity index (χ0n) is 6.46. The lowest BCUT2D eigenvalue weighted by molar-refractivity contribution is -0.136. The summed E-state index contributed by atoms with van der Waals surface area (Å²) in [7, 11) is 0. The Morgan fingerprint density at radius 2 is 2.45 bits per heavy atom. The first kappa shape index (κ1) is 8.33. The summed E-state index contributed by atoms with van der Waals surface area (Å²) in [5.74, 6) is 0.604. The fraction of sp³-hybridized carbons (Fsp3) is 0.429. The summed E-state index contributed by atoms with van der Waals surface area (Å²) in [6.07, 6.45) is 0. The molecule has 1 heterocycles. The average Bonchev–Trinajstić information content (AvgIpc) is 2.29. The molecule has 1 aliphatic rings. The van der Waals surface area contributed by atoms with Crippen LogP contribution in [0.2, 0.25) is 0 Å². The van der Waals surface area contributed by atoms with Gasteiger partial charge in [0.1, 0.15) is 0 Å². The van der Waals surface area contributed by atoms with E-state index in [4.69, 9.17) is 0 Å². The first-order chi connectivity index (χ1) is 5.25. The number of rotatable bonds is 2. The van der Waals surface area contributed by atoms with E-state index in [1.807, 2.05) is 6.92 Å². The number of carbonyl (C=O) groups is 1. The zero-order valence-corrected chi connectivity index (χ0v) is 7.27. The predicted octanol–water partition coefficient (Wildman–Crippen LogP) is 1.56. The lowest BCUT2D eigenvalue weighted by atomic mass is 10.2. The second-order valence-corrected chi connectivity index (χ2v) is 3.19. The normalized spacial score (nSPS) is 20.4. The van der Waals surface area contributed by atoms with Crippen LogP contribution >= 0.6 is 11.8 Å². The molecule has 0 spiro atoms. The molecular weight excluding hydrogens is 162 g/mol. The van der Waals surface area contributed by atoms with E-state index in [0.29, 0.717) is 11.3 Å². The highest BCUT2D eigenvalue weighted by Crippen LogP contribution is 2.15. The van der Waals surface area contributed by atoms with Gasteiger partial charge in [0, 0.05) is 0 Å². The van der Waals surface area contributed by atoms with Crippen molar-refractivity contribution < 1.29 is 9.63 Å². The van der Waals surface area contributed by atoms with Gasteiger partial charge < -0.3 is 4.84 Å². The lowest BCUT2D eigenvalue weighted by Gasteiger charge is -1.90. The summed E-state index contributed by atoms with van der Waals surface area (Å²) in [4.78, 5) is 15.3. The van der Waals surface area contributed by atoms with Crippen LogP contribution < -0.4 is 0 Å². The smallest absolute Gasteiger partial charge is 0.312 e. The largest absolute Gasteiger partial charge is 0.368 e. The van der Waals surface area contributed by atoms with E-state index in [1.165, 1.54) is 0 Å². The summed E-state index contributed by atoms with van der Waals surface area (Å²) in [6, 6.07) is 0. The van der Waals surface area contributed by atoms with Crippen LogP contribution in [-0.2, 0) is 9.63 Å². The van der Waals surface area contributed by atoms with Crippen LogP contribution in [0.5, 0.6) is 0 Å². The van der Waals surface area contributed by atoms with Gasteiger partial charge in [0.25, 0.3) is 0 Å². The molecule has 0 aliphatic carbocycles. The average molecular weight is 171 g/mol. The van der Waals surface area contributed by atoms with Crippen molar-refractivity contribution in [2.45, 2.75) is 13.8 Å². The van der Waals surface area contributed by atoms with Crippen LogP contribution in [0.3, 0.4) is 0 Å². The van der Waals surface area contributed by atoms with Crippen LogP contribution in [0.15, 0.2) is 16.1 Å². The number of carbonyl (C=O) groups excluding carboxylic acids is 1. The van der Waals surface area contributed by atoms with Gasteiger partial charge in [-0.3, -0.25) is 0 Å². The van der Waals surface area contributed by atoms with Crippen LogP contribution in [0.4, 0.5) is 0 Å². The van der Waals surface area contributed by atoms with Gasteiger partial charge in [-0.25, -0.2) is 4.79 Å². The van der Waals surface area contributed by atoms with Gasteiger partial charge in [0.15, 0.2) is 0 Å². The van der Waals surface area contributed by atoms with E-state index in [0.717, 1.165) is 5.75 Å². The van der Waals surface area contributed by atoms with Gasteiger partial charge in [0.2, 0.25) is 0 Å². The minimum atomic E-state index is -0.344. The highest BCUT2D eigenvalue weighted by Gasteiger charge is 2.21. The molecule has 11 heavy (non-hydrogen) atoms. The Hall–Kier alpha value is -0.770. The molecule has 3 nitrogen and oxygen atoms in total. The van der Waals surface area contributed by atoms with E-state index < -0.39 is 0 Å². The maximum Gasteiger partial charge on any atom is 0.368 e. The van der Waals surface area contributed by atoms with Crippen molar-refractivity contribution in [1.29, 1.82) is 0 Å². The third kappa shape index (κ3) is 1.83. The van der Waals surface area contributed by atoms with Crippen molar-refractivity contribution in [3.8, 4) is 0 Å². The Morgan fingerprint density at radius 1 is 1.73 bits per heavy atom. The number of oxime groups is 1. The van der Waals surface area contributed by atoms with Crippen LogP contribution in [0.25, 0.3) is 0 Å². The SMILES string of the molecule is CCSC=C1C(=O)ON=C1C. The summed E-state index contributed by atoms with van der Waals surface area (Å²) >= 11 is 1.57. The van der Waals surface area contributed by atoms with Crippen molar-refractivity contribution >= 4 is 23.4 Å². The van der Waals surface area contributed by atoms with Crippen molar-refractivity contribution in [2.24, 2.45) is 5.16 Å². The molecule has 1 aliphatic heterocycles. The van der Waals surface area contributed by atoms with Gasteiger partial charge in [-0.2, -0.15) is 0 Å². The Labute approximate surface area is 69.5 Å². The Bertz CT molecular complexity index is 233. The van der Waals surface area contributed by atoms with Gasteiger partial charge in [-0.05, 0) is 18.1 Å². The summed E-state index contributed by atoms with van der Waals surface area (Å²) in [5, 5.41) is 5.32. The molecule has 0 fully saturated rings. The molecule has 4 heteroatoms. The fourth-order valence-corrected chi connectivity index (χ4v) is 1.26. The van der Waals surface area contributed by atoms with Crippen LogP contribution in [-0.4, -0.2) is 17.4 Å². The Morgan fingerprint density at radius 3 is 2.91 bits per heavy atom. The molecule has 0 aromatic carbocycles. The van der Waals surface area contributed by atoms with Gasteiger partial charge >= 0.3 is 5.97 Å². The number of hydrogen-bond donors (Lipinski definition) is 0. The number of hydrogen-bond acceptors (Lipinski definition) is 4. The molecule has 0 atom stereocenters. The lowest BCUT2D eigenvalue weighted by Crippen LogP contribution is -2.00. The molecule has 0 unspecified atom stereocenters. The topological polar surface area (TPSA) is 38.7 Å². The summed E-state index contributed by atoms with van der Waals surface area (Å²) in [5.41, 5.74) is 1.24. The Kier molecular flexibility index (Phi) is 2.70. The molecule has 0 radical (unpaired) electrons. The van der Waals surface area contributed by atoms with Gasteiger partial charge in [-0.15, -0.1) is 11.8 Å². The first-order valence-corrected chi connectivity index (χ1v) is 4.38. The molecular formula is C7H9NO2S. The molecule has 0 saturated carbocycles. The molecule has 0 aromatic heterocycles. The van der Waals surface area contributed by atoms with Crippen molar-refractivity contribution in [1.82, 2.24) is 0 Å². The van der Waals surface area contributed by atoms with Crippen molar-refractivity contribution in [3.05, 3.63) is 11.0 Å². The quantitative estimate of drug-likeness (QED) is 0.467. The highest BCUT2D eigenvalue weighted by molar-refractivity contribution is 8.02. The number of thioether (sulfide) groups is 1. The summed E-state index contributed by atoms with van der Waals surface area (Å²) in [6.45, 7) is 3.78. The maximum atomic E-state index is 10.9. The van der Waals surface area contributed by atoms with Crippen LogP contribution in [0, 0.1) is 0 Å². The minimum absolute atomic E-state index is 0.344. The molecule has 0 bridgehead atoms. The second kappa shape index (κ2) is 3.57. The molecule has 0 saturated heterocycles. The van der Waals surface area contributed by atoms with Crippen molar-refractivity contribution in [2.75, 3.05) is 5.75 Å². The molecule has 0 N–H and O–H groups in total. The maximum absolute atomic E-state index is 10.9. The van der Waals surface area contributed by atoms with E-state index >= 15 is 0 Å².